The van der Waals surface area contributed by atoms with E-state index in [1.165, 1.54) is 83.4 Å². The Morgan fingerprint density at radius 2 is 0.968 bits per heavy atom. The van der Waals surface area contributed by atoms with E-state index in [4.69, 9.17) is 0 Å². The van der Waals surface area contributed by atoms with Crippen molar-refractivity contribution in [1.82, 2.24) is 0 Å². The highest BCUT2D eigenvalue weighted by Gasteiger charge is 2.46. The molecule has 12 rings (SSSR count). The Hall–Kier alpha value is -8.08. The van der Waals surface area contributed by atoms with Crippen LogP contribution in [0.3, 0.4) is 0 Å². The van der Waals surface area contributed by atoms with Gasteiger partial charge >= 0.3 is 6.85 Å². The second kappa shape index (κ2) is 15.1. The molecule has 0 aromatic heterocycles. The first kappa shape index (κ1) is 36.7. The Kier molecular flexibility index (Phi) is 8.82. The Balaban J connectivity index is 1.18. The molecule has 10 aromatic carbocycles. The molecule has 3 nitrogen and oxygen atoms in total. The minimum atomic E-state index is -0.125. The van der Waals surface area contributed by atoms with Gasteiger partial charge < -0.3 is 14.6 Å². The van der Waals surface area contributed by atoms with Gasteiger partial charge in [0.2, 0.25) is 0 Å². The molecule has 4 heteroatoms. The summed E-state index contributed by atoms with van der Waals surface area (Å²) in [5.74, 6) is 0. The smallest absolute Gasteiger partial charge is 0.333 e. The van der Waals surface area contributed by atoms with Gasteiger partial charge in [0.1, 0.15) is 0 Å². The maximum Gasteiger partial charge on any atom is 0.333 e. The van der Waals surface area contributed by atoms with Crippen molar-refractivity contribution in [2.75, 3.05) is 14.6 Å². The Bertz CT molecular complexity index is 3260. The summed E-state index contributed by atoms with van der Waals surface area (Å²) in [4.78, 5) is 7.54. The average molecular weight is 804 g/mol. The lowest BCUT2D eigenvalue weighted by Crippen LogP contribution is -2.61. The van der Waals surface area contributed by atoms with Gasteiger partial charge in [-0.1, -0.05) is 164 Å². The Morgan fingerprint density at radius 1 is 0.397 bits per heavy atom. The summed E-state index contributed by atoms with van der Waals surface area (Å²) >= 11 is 0. The summed E-state index contributed by atoms with van der Waals surface area (Å²) in [5.41, 5.74) is 20.3. The normalized spacial score (nSPS) is 12.4. The quantitative estimate of drug-likeness (QED) is 0.149. The maximum atomic E-state index is 2.61. The zero-order chi connectivity index (χ0) is 41.9. The van der Waals surface area contributed by atoms with Crippen LogP contribution in [0.4, 0.5) is 45.5 Å². The minimum Gasteiger partial charge on any atom is -0.376 e. The maximum absolute atomic E-state index is 2.61. The van der Waals surface area contributed by atoms with Crippen molar-refractivity contribution in [1.29, 1.82) is 0 Å². The molecule has 0 saturated heterocycles. The van der Waals surface area contributed by atoms with Crippen molar-refractivity contribution in [2.24, 2.45) is 0 Å². The number of fused-ring (bicyclic) bond motifs is 6. The van der Waals surface area contributed by atoms with Crippen LogP contribution in [-0.4, -0.2) is 6.85 Å². The number of hydrogen-bond acceptors (Lipinski definition) is 3. The predicted octanol–water partition coefficient (Wildman–Crippen LogP) is 14.7. The average Bonchev–Trinajstić information content (AvgIpc) is 3.35. The molecule has 2 aliphatic rings. The lowest BCUT2D eigenvalue weighted by Gasteiger charge is -2.46. The summed E-state index contributed by atoms with van der Waals surface area (Å²) in [5, 5.41) is 2.46. The monoisotopic (exact) mass is 803 g/mol. The summed E-state index contributed by atoms with van der Waals surface area (Å²) in [6.45, 7) is 2.11. The number of anilines is 8. The van der Waals surface area contributed by atoms with Crippen LogP contribution < -0.4 is 25.5 Å². The molecule has 0 saturated carbocycles. The first-order chi connectivity index (χ1) is 31.2. The van der Waals surface area contributed by atoms with Gasteiger partial charge in [-0.3, -0.25) is 0 Å². The molecular weight excluding hydrogens is 761 g/mol. The summed E-state index contributed by atoms with van der Waals surface area (Å²) in [6, 6.07) is 86.6. The number of benzene rings is 10. The van der Waals surface area contributed by atoms with Crippen LogP contribution in [-0.2, 0) is 0 Å². The third kappa shape index (κ3) is 6.14. The van der Waals surface area contributed by atoms with Gasteiger partial charge in [-0.2, -0.15) is 0 Å². The van der Waals surface area contributed by atoms with E-state index in [0.717, 1.165) is 22.7 Å². The van der Waals surface area contributed by atoms with Crippen LogP contribution in [0.15, 0.2) is 237 Å². The van der Waals surface area contributed by atoms with Crippen LogP contribution >= 0.6 is 0 Å². The molecular formula is C59H42BN3. The first-order valence-electron chi connectivity index (χ1n) is 21.8. The molecule has 0 spiro atoms. The predicted molar refractivity (Wildman–Crippen MR) is 268 cm³/mol. The van der Waals surface area contributed by atoms with E-state index in [9.17, 15) is 0 Å². The lowest BCUT2D eigenvalue weighted by molar-refractivity contribution is 1.24. The zero-order valence-corrected chi connectivity index (χ0v) is 34.9. The van der Waals surface area contributed by atoms with Gasteiger partial charge in [0.05, 0.1) is 0 Å². The number of hydrogen-bond donors (Lipinski definition) is 0. The van der Waals surface area contributed by atoms with Gasteiger partial charge in [-0.25, -0.2) is 0 Å². The molecule has 0 fully saturated rings. The number of para-hydroxylation sites is 3. The lowest BCUT2D eigenvalue weighted by atomic mass is 9.43. The van der Waals surface area contributed by atoms with Gasteiger partial charge in [0.15, 0.2) is 0 Å². The van der Waals surface area contributed by atoms with E-state index in [1.54, 1.807) is 0 Å². The molecule has 0 amide bonds. The Morgan fingerprint density at radius 3 is 1.65 bits per heavy atom. The van der Waals surface area contributed by atoms with E-state index in [1.807, 2.05) is 0 Å². The van der Waals surface area contributed by atoms with Gasteiger partial charge in [-0.15, -0.1) is 0 Å². The van der Waals surface area contributed by atoms with Crippen molar-refractivity contribution >= 4 is 74.0 Å². The summed E-state index contributed by atoms with van der Waals surface area (Å²) < 4.78 is 0. The molecule has 2 aliphatic heterocycles. The van der Waals surface area contributed by atoms with Crippen molar-refractivity contribution < 1.29 is 0 Å². The first-order valence-corrected chi connectivity index (χ1v) is 21.8. The fraction of sp³-hybridized carbons (Fsp3) is 0.0169. The largest absolute Gasteiger partial charge is 0.376 e. The molecule has 296 valence electrons. The van der Waals surface area contributed by atoms with Gasteiger partial charge in [0.25, 0.3) is 0 Å². The molecule has 10 aromatic rings. The fourth-order valence-electron chi connectivity index (χ4n) is 10.1. The van der Waals surface area contributed by atoms with Crippen LogP contribution in [0.25, 0.3) is 44.2 Å². The Labute approximate surface area is 369 Å². The van der Waals surface area contributed by atoms with E-state index >= 15 is 0 Å². The number of nitrogens with zero attached hydrogens (tertiary/aromatic N) is 3. The van der Waals surface area contributed by atoms with Crippen LogP contribution in [0, 0.1) is 6.92 Å². The second-order valence-corrected chi connectivity index (χ2v) is 16.6. The topological polar surface area (TPSA) is 9.72 Å². The van der Waals surface area contributed by atoms with Crippen LogP contribution in [0.5, 0.6) is 0 Å². The molecule has 63 heavy (non-hydrogen) atoms. The van der Waals surface area contributed by atoms with E-state index in [2.05, 4.69) is 258 Å². The third-order valence-corrected chi connectivity index (χ3v) is 12.9. The molecule has 0 N–H and O–H groups in total. The molecule has 0 radical (unpaired) electrons. The van der Waals surface area contributed by atoms with E-state index < -0.39 is 0 Å². The second-order valence-electron chi connectivity index (χ2n) is 16.6. The molecule has 2 heterocycles. The highest BCUT2D eigenvalue weighted by atomic mass is 15.2. The SMILES string of the molecule is Cc1ccccc1N1c2cc(-c3ccccc3)ccc2B2c3c1cc1ccccc1c3-c1cc(N(c3ccccc3)c3ccccc3)ccc1N2c1ccc(-c2ccccc2)cc1. The molecule has 0 bridgehead atoms. The third-order valence-electron chi connectivity index (χ3n) is 12.9. The van der Waals surface area contributed by atoms with Crippen molar-refractivity contribution in [3.8, 4) is 33.4 Å². The van der Waals surface area contributed by atoms with E-state index in [-0.39, 0.29) is 6.85 Å². The van der Waals surface area contributed by atoms with Crippen molar-refractivity contribution in [3.05, 3.63) is 242 Å². The number of rotatable bonds is 7. The summed E-state index contributed by atoms with van der Waals surface area (Å²) in [6.07, 6.45) is 0. The van der Waals surface area contributed by atoms with Crippen LogP contribution in [0.1, 0.15) is 5.56 Å². The van der Waals surface area contributed by atoms with Gasteiger partial charge in [-0.05, 0) is 135 Å². The molecule has 0 atom stereocenters. The van der Waals surface area contributed by atoms with E-state index in [0.29, 0.717) is 0 Å². The molecule has 0 aliphatic carbocycles. The highest BCUT2D eigenvalue weighted by Crippen LogP contribution is 2.51. The molecule has 0 unspecified atom stereocenters. The summed E-state index contributed by atoms with van der Waals surface area (Å²) in [7, 11) is 0. The zero-order valence-electron chi connectivity index (χ0n) is 34.9. The van der Waals surface area contributed by atoms with Crippen LogP contribution in [0.2, 0.25) is 0 Å². The minimum absolute atomic E-state index is 0.125. The van der Waals surface area contributed by atoms with Crippen molar-refractivity contribution in [3.63, 3.8) is 0 Å². The van der Waals surface area contributed by atoms with Gasteiger partial charge in [0, 0.05) is 51.1 Å². The van der Waals surface area contributed by atoms with Crippen molar-refractivity contribution in [2.45, 2.75) is 6.92 Å². The number of aryl methyl sites for hydroxylation is 1. The fourth-order valence-corrected chi connectivity index (χ4v) is 10.1. The highest BCUT2D eigenvalue weighted by molar-refractivity contribution is 6.94. The standard InChI is InChI=1S/C59H42BN3/c1-41-18-14-17-29-54(41)62-56-38-45(43-21-8-3-9-22-43)32-36-53(56)60-59-57(62)39-46-23-15-16-28-51(46)58(59)52-40-50(61(47-24-10-4-11-25-47)48-26-12-5-13-27-48)35-37-55(52)63(60)49-33-30-44(31-34-49)42-19-6-2-7-20-42/h2-40H,1H3.